The van der Waals surface area contributed by atoms with Crippen LogP contribution in [0, 0.1) is 11.6 Å². The van der Waals surface area contributed by atoms with Crippen molar-refractivity contribution in [2.45, 2.75) is 5.03 Å². The third-order valence-corrected chi connectivity index (χ3v) is 4.22. The van der Waals surface area contributed by atoms with Crippen molar-refractivity contribution in [2.75, 3.05) is 11.4 Å². The van der Waals surface area contributed by atoms with Gasteiger partial charge in [-0.1, -0.05) is 6.07 Å². The third-order valence-electron chi connectivity index (χ3n) is 2.50. The molecule has 0 saturated carbocycles. The molecule has 19 heavy (non-hydrogen) atoms. The van der Waals surface area contributed by atoms with E-state index >= 15 is 0 Å². The van der Waals surface area contributed by atoms with Crippen molar-refractivity contribution in [1.82, 2.24) is 4.98 Å². The molecule has 2 rings (SSSR count). The van der Waals surface area contributed by atoms with Crippen LogP contribution in [-0.2, 0) is 10.0 Å². The smallest absolute Gasteiger partial charge is 0.268 e. The van der Waals surface area contributed by atoms with E-state index in [1.54, 1.807) is 0 Å². The number of anilines is 1. The molecule has 2 aromatic rings. The maximum absolute atomic E-state index is 13.5. The number of pyridine rings is 1. The van der Waals surface area contributed by atoms with E-state index in [0.29, 0.717) is 0 Å². The highest BCUT2D eigenvalue weighted by Crippen LogP contribution is 2.22. The van der Waals surface area contributed by atoms with Crippen molar-refractivity contribution in [2.24, 2.45) is 0 Å². The summed E-state index contributed by atoms with van der Waals surface area (Å²) in [5.74, 6) is -1.54. The van der Waals surface area contributed by atoms with E-state index in [1.165, 1.54) is 37.5 Å². The van der Waals surface area contributed by atoms with Crippen molar-refractivity contribution in [3.8, 4) is 0 Å². The molecular weight excluding hydrogens is 274 g/mol. The Kier molecular flexibility index (Phi) is 3.48. The Morgan fingerprint density at radius 2 is 1.89 bits per heavy atom. The molecule has 0 aliphatic carbocycles. The summed E-state index contributed by atoms with van der Waals surface area (Å²) in [6, 6.07) is 7.28. The van der Waals surface area contributed by atoms with Crippen LogP contribution in [0.25, 0.3) is 0 Å². The lowest BCUT2D eigenvalue weighted by Crippen LogP contribution is -2.28. The average Bonchev–Trinajstić information content (AvgIpc) is 2.38. The standard InChI is InChI=1S/C12H10F2N2O2S/c1-16(10-5-2-4-9(13)8-10)19(17,18)12-11(14)6-3-7-15-12/h2-8H,1H3. The lowest BCUT2D eigenvalue weighted by molar-refractivity contribution is 0.552. The molecule has 0 atom stereocenters. The first-order valence-electron chi connectivity index (χ1n) is 5.28. The maximum atomic E-state index is 13.5. The highest BCUT2D eigenvalue weighted by molar-refractivity contribution is 7.92. The number of nitrogens with zero attached hydrogens (tertiary/aromatic N) is 2. The van der Waals surface area contributed by atoms with E-state index in [1.807, 2.05) is 0 Å². The molecule has 0 amide bonds. The Morgan fingerprint density at radius 3 is 2.53 bits per heavy atom. The van der Waals surface area contributed by atoms with Crippen LogP contribution >= 0.6 is 0 Å². The van der Waals surface area contributed by atoms with Crippen LogP contribution in [-0.4, -0.2) is 20.4 Å². The Labute approximate surface area is 109 Å². The normalized spacial score (nSPS) is 11.3. The Balaban J connectivity index is 2.49. The molecule has 1 heterocycles. The topological polar surface area (TPSA) is 50.3 Å². The lowest BCUT2D eigenvalue weighted by Gasteiger charge is -2.18. The minimum absolute atomic E-state index is 0.0880. The molecular formula is C12H10F2N2O2S. The predicted octanol–water partition coefficient (Wildman–Crippen LogP) is 2.18. The highest BCUT2D eigenvalue weighted by atomic mass is 32.2. The van der Waals surface area contributed by atoms with E-state index in [2.05, 4.69) is 4.98 Å². The van der Waals surface area contributed by atoms with Crippen molar-refractivity contribution in [3.63, 3.8) is 0 Å². The number of halogens is 2. The molecule has 0 saturated heterocycles. The first-order valence-corrected chi connectivity index (χ1v) is 6.72. The van der Waals surface area contributed by atoms with E-state index in [4.69, 9.17) is 0 Å². The van der Waals surface area contributed by atoms with Gasteiger partial charge in [-0.3, -0.25) is 4.31 Å². The first kappa shape index (κ1) is 13.4. The van der Waals surface area contributed by atoms with Gasteiger partial charge in [-0.2, -0.15) is 8.42 Å². The summed E-state index contributed by atoms with van der Waals surface area (Å²) in [6.45, 7) is 0. The number of rotatable bonds is 3. The molecule has 0 radical (unpaired) electrons. The molecule has 1 aromatic heterocycles. The average molecular weight is 284 g/mol. The zero-order chi connectivity index (χ0) is 14.0. The number of hydrogen-bond acceptors (Lipinski definition) is 3. The van der Waals surface area contributed by atoms with Crippen LogP contribution in [0.5, 0.6) is 0 Å². The number of benzene rings is 1. The number of sulfonamides is 1. The van der Waals surface area contributed by atoms with Gasteiger partial charge in [0.25, 0.3) is 10.0 Å². The van der Waals surface area contributed by atoms with Crippen LogP contribution < -0.4 is 4.31 Å². The second-order valence-corrected chi connectivity index (χ2v) is 5.63. The van der Waals surface area contributed by atoms with Crippen molar-refractivity contribution >= 4 is 15.7 Å². The molecule has 0 aliphatic heterocycles. The first-order chi connectivity index (χ1) is 8.93. The van der Waals surface area contributed by atoms with E-state index < -0.39 is 26.7 Å². The zero-order valence-electron chi connectivity index (χ0n) is 9.92. The summed E-state index contributed by atoms with van der Waals surface area (Å²) >= 11 is 0. The van der Waals surface area contributed by atoms with Gasteiger partial charge < -0.3 is 0 Å². The maximum Gasteiger partial charge on any atom is 0.284 e. The van der Waals surface area contributed by atoms with Gasteiger partial charge in [0, 0.05) is 13.2 Å². The summed E-state index contributed by atoms with van der Waals surface area (Å²) in [5, 5.41) is -0.693. The van der Waals surface area contributed by atoms with Crippen LogP contribution in [0.1, 0.15) is 0 Å². The van der Waals surface area contributed by atoms with Gasteiger partial charge in [0.15, 0.2) is 5.82 Å². The fourth-order valence-corrected chi connectivity index (χ4v) is 2.66. The van der Waals surface area contributed by atoms with Gasteiger partial charge in [-0.05, 0) is 30.3 Å². The highest BCUT2D eigenvalue weighted by Gasteiger charge is 2.26. The second kappa shape index (κ2) is 4.93. The molecule has 0 spiro atoms. The van der Waals surface area contributed by atoms with Crippen molar-refractivity contribution in [3.05, 3.63) is 54.2 Å². The van der Waals surface area contributed by atoms with Gasteiger partial charge in [0.1, 0.15) is 5.82 Å². The van der Waals surface area contributed by atoms with Gasteiger partial charge in [-0.25, -0.2) is 13.8 Å². The third kappa shape index (κ3) is 2.55. The summed E-state index contributed by atoms with van der Waals surface area (Å²) in [5.41, 5.74) is 0.0880. The lowest BCUT2D eigenvalue weighted by atomic mass is 10.3. The molecule has 7 heteroatoms. The van der Waals surface area contributed by atoms with Crippen molar-refractivity contribution in [1.29, 1.82) is 0 Å². The summed E-state index contributed by atoms with van der Waals surface area (Å²) in [7, 11) is -2.95. The van der Waals surface area contributed by atoms with Gasteiger partial charge >= 0.3 is 0 Å². The Morgan fingerprint density at radius 1 is 1.16 bits per heavy atom. The van der Waals surface area contributed by atoms with Gasteiger partial charge in [0.2, 0.25) is 5.03 Å². The fourth-order valence-electron chi connectivity index (χ4n) is 1.50. The van der Waals surface area contributed by atoms with Crippen molar-refractivity contribution < 1.29 is 17.2 Å². The predicted molar refractivity (Wildman–Crippen MR) is 66.2 cm³/mol. The van der Waals surface area contributed by atoms with Crippen LogP contribution in [0.4, 0.5) is 14.5 Å². The van der Waals surface area contributed by atoms with E-state index in [-0.39, 0.29) is 5.69 Å². The Hall–Kier alpha value is -2.02. The number of hydrogen-bond donors (Lipinski definition) is 0. The molecule has 0 aliphatic rings. The molecule has 0 unspecified atom stereocenters. The minimum Gasteiger partial charge on any atom is -0.268 e. The number of aromatic nitrogens is 1. The summed E-state index contributed by atoms with van der Waals surface area (Å²) in [6.07, 6.45) is 1.18. The largest absolute Gasteiger partial charge is 0.284 e. The quantitative estimate of drug-likeness (QED) is 0.868. The molecule has 0 bridgehead atoms. The van der Waals surface area contributed by atoms with Gasteiger partial charge in [0.05, 0.1) is 5.69 Å². The van der Waals surface area contributed by atoms with Crippen LogP contribution in [0.3, 0.4) is 0 Å². The minimum atomic E-state index is -4.16. The van der Waals surface area contributed by atoms with Crippen LogP contribution in [0.2, 0.25) is 0 Å². The fraction of sp³-hybridized carbons (Fsp3) is 0.0833. The SMILES string of the molecule is CN(c1cccc(F)c1)S(=O)(=O)c1ncccc1F. The molecule has 4 nitrogen and oxygen atoms in total. The molecule has 100 valence electrons. The van der Waals surface area contributed by atoms with Crippen LogP contribution in [0.15, 0.2) is 47.6 Å². The molecule has 0 fully saturated rings. The monoisotopic (exact) mass is 284 g/mol. The second-order valence-electron chi connectivity index (χ2n) is 3.74. The summed E-state index contributed by atoms with van der Waals surface area (Å²) in [4.78, 5) is 3.52. The summed E-state index contributed by atoms with van der Waals surface area (Å²) < 4.78 is 51.7. The Bertz CT molecular complexity index is 704. The van der Waals surface area contributed by atoms with E-state index in [9.17, 15) is 17.2 Å². The molecule has 0 N–H and O–H groups in total. The zero-order valence-corrected chi connectivity index (χ0v) is 10.7. The van der Waals surface area contributed by atoms with E-state index in [0.717, 1.165) is 16.4 Å². The molecule has 1 aromatic carbocycles. The van der Waals surface area contributed by atoms with Gasteiger partial charge in [-0.15, -0.1) is 0 Å².